The molecule has 1 N–H and O–H groups in total. The van der Waals surface area contributed by atoms with E-state index in [-0.39, 0.29) is 63.9 Å². The highest BCUT2D eigenvalue weighted by atomic mass is 35.5. The van der Waals surface area contributed by atoms with E-state index in [1.165, 1.54) is 34.5 Å². The Morgan fingerprint density at radius 3 is 2.70 bits per heavy atom. The number of carbonyl (C=O) groups is 2. The monoisotopic (exact) mass is 661 g/mol. The molecule has 0 saturated carbocycles. The van der Waals surface area contributed by atoms with Crippen molar-refractivity contribution >= 4 is 57.7 Å². The van der Waals surface area contributed by atoms with Gasteiger partial charge >= 0.3 is 5.69 Å². The van der Waals surface area contributed by atoms with Crippen molar-refractivity contribution < 1.29 is 14.0 Å². The number of benzene rings is 1. The Hall–Kier alpha value is -4.29. The number of nitrogens with zero attached hydrogens (tertiary/aromatic N) is 6. The van der Waals surface area contributed by atoms with E-state index >= 15 is 4.39 Å². The van der Waals surface area contributed by atoms with E-state index < -0.39 is 11.5 Å². The van der Waals surface area contributed by atoms with Crippen LogP contribution in [-0.4, -0.2) is 67.2 Å². The lowest BCUT2D eigenvalue weighted by Crippen LogP contribution is -2.59. The highest BCUT2D eigenvalue weighted by Gasteiger charge is 2.35. The van der Waals surface area contributed by atoms with Crippen molar-refractivity contribution in [2.24, 2.45) is 0 Å². The first-order chi connectivity index (χ1) is 22.0. The first kappa shape index (κ1) is 31.7. The van der Waals surface area contributed by atoms with Gasteiger partial charge in [-0.15, -0.1) is 11.8 Å². The lowest BCUT2D eigenvalue weighted by atomic mass is 10.0. The van der Waals surface area contributed by atoms with Crippen LogP contribution in [0.1, 0.15) is 45.7 Å². The molecule has 2 aliphatic heterocycles. The molecule has 238 valence electrons. The molecular weight excluding hydrogens is 629 g/mol. The van der Waals surface area contributed by atoms with Crippen LogP contribution in [-0.2, 0) is 9.59 Å². The Labute approximate surface area is 274 Å². The lowest BCUT2D eigenvalue weighted by Gasteiger charge is -2.45. The molecule has 0 radical (unpaired) electrons. The number of rotatable bonds is 3. The van der Waals surface area contributed by atoms with Crippen molar-refractivity contribution in [1.82, 2.24) is 24.4 Å². The lowest BCUT2D eigenvalue weighted by molar-refractivity contribution is -0.129. The van der Waals surface area contributed by atoms with Gasteiger partial charge in [-0.1, -0.05) is 38.1 Å². The minimum Gasteiger partial charge on any atom is -0.349 e. The van der Waals surface area contributed by atoms with Crippen LogP contribution in [0, 0.1) is 5.82 Å². The third kappa shape index (κ3) is 5.43. The average molecular weight is 662 g/mol. The number of pyridine rings is 2. The van der Waals surface area contributed by atoms with Gasteiger partial charge in [0.2, 0.25) is 11.8 Å². The number of hydrogen-bond donors (Lipinski definition) is 1. The number of thioether (sulfide) groups is 1. The second-order valence-corrected chi connectivity index (χ2v) is 13.2. The molecule has 3 aromatic heterocycles. The van der Waals surface area contributed by atoms with Crippen molar-refractivity contribution in [3.63, 3.8) is 0 Å². The van der Waals surface area contributed by atoms with Gasteiger partial charge in [0.1, 0.15) is 11.6 Å². The number of anilines is 2. The third-order valence-corrected chi connectivity index (χ3v) is 9.93. The van der Waals surface area contributed by atoms with Gasteiger partial charge in [-0.25, -0.2) is 18.7 Å². The topological polar surface area (TPSA) is 113 Å². The average Bonchev–Trinajstić information content (AvgIpc) is 3.02. The van der Waals surface area contributed by atoms with Gasteiger partial charge < -0.3 is 15.1 Å². The fourth-order valence-corrected chi connectivity index (χ4v) is 7.37. The van der Waals surface area contributed by atoms with Gasteiger partial charge in [-0.05, 0) is 50.1 Å². The van der Waals surface area contributed by atoms with Crippen molar-refractivity contribution in [3.8, 4) is 16.9 Å². The maximum atomic E-state index is 15.6. The molecule has 5 heterocycles. The number of amides is 2. The van der Waals surface area contributed by atoms with Crippen LogP contribution in [0.4, 0.5) is 15.9 Å². The Morgan fingerprint density at radius 1 is 1.17 bits per heavy atom. The summed E-state index contributed by atoms with van der Waals surface area (Å²) in [6, 6.07) is 7.37. The number of aromatic nitrogens is 4. The second kappa shape index (κ2) is 12.5. The molecule has 46 heavy (non-hydrogen) atoms. The third-order valence-electron chi connectivity index (χ3n) is 8.59. The fourth-order valence-electron chi connectivity index (χ4n) is 6.12. The molecule has 0 unspecified atom stereocenters. The molecule has 2 bridgehead atoms. The summed E-state index contributed by atoms with van der Waals surface area (Å²) in [5.41, 5.74) is 1.08. The summed E-state index contributed by atoms with van der Waals surface area (Å²) in [6.45, 7) is 12.3. The standard InChI is InChI=1S/C33H33ClFN7O3S/c1-6-26(44)40-13-14-41(19(5)18(40)4)31-20-16-21(34)29-27-22(35)8-7-9-23(27)37-25(43)11-15-46-24-10-12-36-28(17(2)3)30(24)42(32(20)38-29)33(45)39-31/h6-10,12,16-19H,1,11,13-15H2,2-5H3,(H,37,43)/t18-,19+/m1/s1. The van der Waals surface area contributed by atoms with Crippen LogP contribution < -0.4 is 15.9 Å². The normalized spacial score (nSPS) is 18.4. The minimum absolute atomic E-state index is 0.0149. The SMILES string of the molecule is C=CC(=O)N1CCN(c2nc(=O)n3c4nc(c(Cl)cc24)-c2c(F)cccc2NC(=O)CCSc2ccnc(C(C)C)c2-3)[C@@H](C)[C@H]1C. The number of carbonyl (C=O) groups excluding carboxylic acids is 2. The van der Waals surface area contributed by atoms with Gasteiger partial charge in [-0.2, -0.15) is 4.98 Å². The van der Waals surface area contributed by atoms with E-state index in [4.69, 9.17) is 16.6 Å². The molecule has 13 heteroatoms. The summed E-state index contributed by atoms with van der Waals surface area (Å²) in [4.78, 5) is 58.6. The van der Waals surface area contributed by atoms with E-state index in [9.17, 15) is 14.4 Å². The van der Waals surface area contributed by atoms with Gasteiger partial charge in [0.25, 0.3) is 0 Å². The molecule has 2 aliphatic rings. The highest BCUT2D eigenvalue weighted by molar-refractivity contribution is 7.99. The predicted molar refractivity (Wildman–Crippen MR) is 180 cm³/mol. The Bertz CT molecular complexity index is 1970. The van der Waals surface area contributed by atoms with E-state index in [1.807, 2.05) is 32.6 Å². The Balaban J connectivity index is 1.70. The van der Waals surface area contributed by atoms with Gasteiger partial charge in [0.05, 0.1) is 38.7 Å². The summed E-state index contributed by atoms with van der Waals surface area (Å²) < 4.78 is 17.1. The summed E-state index contributed by atoms with van der Waals surface area (Å²) in [5, 5.41) is 3.41. The number of halogens is 2. The highest BCUT2D eigenvalue weighted by Crippen LogP contribution is 2.40. The number of piperazine rings is 1. The molecule has 2 atom stereocenters. The first-order valence-electron chi connectivity index (χ1n) is 15.1. The van der Waals surface area contributed by atoms with Crippen LogP contribution in [0.2, 0.25) is 5.02 Å². The zero-order valence-corrected chi connectivity index (χ0v) is 27.5. The Kier molecular flexibility index (Phi) is 8.60. The zero-order chi connectivity index (χ0) is 32.9. The smallest absolute Gasteiger partial charge is 0.349 e. The van der Waals surface area contributed by atoms with Crippen molar-refractivity contribution in [2.45, 2.75) is 57.0 Å². The quantitative estimate of drug-likeness (QED) is 0.274. The van der Waals surface area contributed by atoms with E-state index in [1.54, 1.807) is 29.3 Å². The zero-order valence-electron chi connectivity index (χ0n) is 25.9. The molecule has 4 aromatic rings. The van der Waals surface area contributed by atoms with Crippen LogP contribution in [0.5, 0.6) is 0 Å². The number of nitrogens with one attached hydrogen (secondary N) is 1. The number of fused-ring (bicyclic) bond motifs is 5. The Morgan fingerprint density at radius 2 is 1.96 bits per heavy atom. The van der Waals surface area contributed by atoms with Gasteiger partial charge in [0.15, 0.2) is 5.65 Å². The molecule has 6 rings (SSSR count). The molecule has 2 amide bonds. The van der Waals surface area contributed by atoms with Gasteiger partial charge in [0, 0.05) is 48.4 Å². The number of hydrogen-bond acceptors (Lipinski definition) is 8. The maximum absolute atomic E-state index is 15.6. The molecule has 1 aromatic carbocycles. The van der Waals surface area contributed by atoms with E-state index in [0.29, 0.717) is 41.4 Å². The summed E-state index contributed by atoms with van der Waals surface area (Å²) in [6.07, 6.45) is 3.11. The first-order valence-corrected chi connectivity index (χ1v) is 16.4. The molecule has 1 fully saturated rings. The molecule has 0 spiro atoms. The van der Waals surface area contributed by atoms with E-state index in [0.717, 1.165) is 4.90 Å². The van der Waals surface area contributed by atoms with Crippen LogP contribution in [0.3, 0.4) is 0 Å². The van der Waals surface area contributed by atoms with Crippen LogP contribution >= 0.6 is 23.4 Å². The molecule has 1 saturated heterocycles. The predicted octanol–water partition coefficient (Wildman–Crippen LogP) is 5.80. The van der Waals surface area contributed by atoms with Crippen LogP contribution in [0.25, 0.3) is 28.0 Å². The minimum atomic E-state index is -0.630. The largest absolute Gasteiger partial charge is 0.355 e. The summed E-state index contributed by atoms with van der Waals surface area (Å²) in [7, 11) is 0. The maximum Gasteiger partial charge on any atom is 0.355 e. The van der Waals surface area contributed by atoms with E-state index in [2.05, 4.69) is 21.9 Å². The van der Waals surface area contributed by atoms with Crippen molar-refractivity contribution in [2.75, 3.05) is 29.1 Å². The van der Waals surface area contributed by atoms with Gasteiger partial charge in [-0.3, -0.25) is 14.6 Å². The summed E-state index contributed by atoms with van der Waals surface area (Å²) >= 11 is 8.33. The summed E-state index contributed by atoms with van der Waals surface area (Å²) in [5.74, 6) is -0.436. The van der Waals surface area contributed by atoms with Crippen LogP contribution in [0.15, 0.2) is 58.9 Å². The molecule has 10 nitrogen and oxygen atoms in total. The van der Waals surface area contributed by atoms with Crippen molar-refractivity contribution in [3.05, 3.63) is 76.2 Å². The second-order valence-electron chi connectivity index (χ2n) is 11.7. The molecular formula is C33H33ClFN7O3S. The molecule has 0 aliphatic carbocycles. The fraction of sp³-hybridized carbons (Fsp3) is 0.333. The van der Waals surface area contributed by atoms with Crippen molar-refractivity contribution in [1.29, 1.82) is 0 Å².